The van der Waals surface area contributed by atoms with E-state index in [-0.39, 0.29) is 36.4 Å². The molecule has 0 spiro atoms. The second-order valence-electron chi connectivity index (χ2n) is 6.84. The van der Waals surface area contributed by atoms with Gasteiger partial charge in [0.15, 0.2) is 5.96 Å². The summed E-state index contributed by atoms with van der Waals surface area (Å²) in [6, 6.07) is 10.9. The van der Waals surface area contributed by atoms with Crippen LogP contribution in [0.5, 0.6) is 0 Å². The maximum Gasteiger partial charge on any atom is 0.243 e. The molecule has 0 aliphatic rings. The molecule has 7 heteroatoms. The molecule has 1 amide bonds. The summed E-state index contributed by atoms with van der Waals surface area (Å²) in [5, 5.41) is 6.60. The maximum atomic E-state index is 11.7. The lowest BCUT2D eigenvalue weighted by Gasteiger charge is -2.25. The Balaban J connectivity index is 0.00000676. The molecule has 0 bridgehead atoms. The number of hydrogen-bond donors (Lipinski definition) is 2. The summed E-state index contributed by atoms with van der Waals surface area (Å²) >= 11 is 0. The van der Waals surface area contributed by atoms with E-state index in [4.69, 9.17) is 0 Å². The fourth-order valence-corrected chi connectivity index (χ4v) is 2.35. The van der Waals surface area contributed by atoms with E-state index in [1.807, 2.05) is 6.07 Å². The van der Waals surface area contributed by atoms with Gasteiger partial charge in [-0.3, -0.25) is 9.69 Å². The molecular weight excluding hydrogens is 453 g/mol. The van der Waals surface area contributed by atoms with Crippen molar-refractivity contribution >= 4 is 35.8 Å². The van der Waals surface area contributed by atoms with Crippen molar-refractivity contribution in [3.63, 3.8) is 0 Å². The van der Waals surface area contributed by atoms with Crippen molar-refractivity contribution in [2.75, 3.05) is 40.8 Å². The van der Waals surface area contributed by atoms with Crippen LogP contribution >= 0.6 is 24.0 Å². The van der Waals surface area contributed by atoms with Crippen molar-refractivity contribution in [2.45, 2.75) is 39.3 Å². The normalized spacial score (nSPS) is 12.3. The van der Waals surface area contributed by atoms with Gasteiger partial charge in [0.25, 0.3) is 0 Å². The Kier molecular flexibility index (Phi) is 13.9. The molecular formula is C20H36IN5O. The van der Waals surface area contributed by atoms with E-state index in [0.29, 0.717) is 12.0 Å². The van der Waals surface area contributed by atoms with Crippen molar-refractivity contribution in [3.05, 3.63) is 35.9 Å². The average molecular weight is 489 g/mol. The third-order valence-corrected chi connectivity index (χ3v) is 4.30. The summed E-state index contributed by atoms with van der Waals surface area (Å²) in [6.45, 7) is 7.09. The van der Waals surface area contributed by atoms with Crippen molar-refractivity contribution < 1.29 is 4.79 Å². The van der Waals surface area contributed by atoms with Crippen LogP contribution in [0.2, 0.25) is 0 Å². The average Bonchev–Trinajstić information content (AvgIpc) is 2.63. The van der Waals surface area contributed by atoms with Crippen LogP contribution in [0.25, 0.3) is 0 Å². The number of nitrogens with zero attached hydrogens (tertiary/aromatic N) is 3. The van der Waals surface area contributed by atoms with E-state index >= 15 is 0 Å². The van der Waals surface area contributed by atoms with E-state index in [9.17, 15) is 4.79 Å². The molecule has 0 saturated heterocycles. The molecule has 1 unspecified atom stereocenters. The largest absolute Gasteiger partial charge is 0.356 e. The summed E-state index contributed by atoms with van der Waals surface area (Å²) in [5.74, 6) is 0.707. The molecule has 1 aromatic rings. The van der Waals surface area contributed by atoms with Crippen LogP contribution in [0.3, 0.4) is 0 Å². The monoisotopic (exact) mass is 489 g/mol. The predicted molar refractivity (Wildman–Crippen MR) is 125 cm³/mol. The van der Waals surface area contributed by atoms with Crippen molar-refractivity contribution in [3.8, 4) is 0 Å². The molecule has 0 heterocycles. The van der Waals surface area contributed by atoms with Gasteiger partial charge in [0.1, 0.15) is 6.54 Å². The van der Waals surface area contributed by atoms with E-state index in [0.717, 1.165) is 32.5 Å². The molecule has 0 aromatic heterocycles. The highest BCUT2D eigenvalue weighted by atomic mass is 127. The number of carbonyl (C=O) groups excluding carboxylic acids is 1. The van der Waals surface area contributed by atoms with Gasteiger partial charge in [-0.2, -0.15) is 0 Å². The minimum atomic E-state index is -0.00133. The summed E-state index contributed by atoms with van der Waals surface area (Å²) in [5.41, 5.74) is 1.32. The fourth-order valence-electron chi connectivity index (χ4n) is 2.35. The number of halogens is 1. The topological polar surface area (TPSA) is 60.0 Å². The number of nitrogens with one attached hydrogen (secondary N) is 2. The first-order valence-electron chi connectivity index (χ1n) is 9.40. The molecule has 0 aliphatic heterocycles. The number of amides is 1. The van der Waals surface area contributed by atoms with Crippen LogP contribution in [0.4, 0.5) is 0 Å². The van der Waals surface area contributed by atoms with Gasteiger partial charge in [0, 0.05) is 39.8 Å². The Morgan fingerprint density at radius 2 is 1.74 bits per heavy atom. The SMILES string of the molecule is CCCNC(=NCC(=O)N(C)C)NCCC(C)N(C)Cc1ccccc1.I. The molecule has 0 aliphatic carbocycles. The van der Waals surface area contributed by atoms with Gasteiger partial charge in [0.2, 0.25) is 5.91 Å². The molecule has 6 nitrogen and oxygen atoms in total. The Labute approximate surface area is 181 Å². The van der Waals surface area contributed by atoms with Gasteiger partial charge in [-0.25, -0.2) is 4.99 Å². The van der Waals surface area contributed by atoms with E-state index in [2.05, 4.69) is 65.7 Å². The predicted octanol–water partition coefficient (Wildman–Crippen LogP) is 2.55. The zero-order chi connectivity index (χ0) is 19.4. The van der Waals surface area contributed by atoms with E-state index < -0.39 is 0 Å². The smallest absolute Gasteiger partial charge is 0.243 e. The molecule has 1 atom stereocenters. The van der Waals surface area contributed by atoms with Crippen LogP contribution in [0.1, 0.15) is 32.3 Å². The number of guanidine groups is 1. The number of hydrogen-bond acceptors (Lipinski definition) is 3. The molecule has 27 heavy (non-hydrogen) atoms. The molecule has 0 saturated carbocycles. The van der Waals surface area contributed by atoms with Crippen molar-refractivity contribution in [1.29, 1.82) is 0 Å². The number of rotatable bonds is 10. The van der Waals surface area contributed by atoms with Gasteiger partial charge >= 0.3 is 0 Å². The first kappa shape index (κ1) is 25.6. The van der Waals surface area contributed by atoms with Gasteiger partial charge in [-0.15, -0.1) is 24.0 Å². The zero-order valence-corrected chi connectivity index (χ0v) is 19.7. The van der Waals surface area contributed by atoms with Gasteiger partial charge in [-0.1, -0.05) is 37.3 Å². The zero-order valence-electron chi connectivity index (χ0n) is 17.4. The summed E-state index contributed by atoms with van der Waals surface area (Å²) in [4.78, 5) is 20.0. The summed E-state index contributed by atoms with van der Waals surface area (Å²) in [7, 11) is 5.64. The highest BCUT2D eigenvalue weighted by molar-refractivity contribution is 14.0. The molecule has 154 valence electrons. The van der Waals surface area contributed by atoms with Crippen molar-refractivity contribution in [1.82, 2.24) is 20.4 Å². The lowest BCUT2D eigenvalue weighted by Crippen LogP contribution is -2.41. The standard InChI is InChI=1S/C20H35N5O.HI/c1-6-13-21-20(23-15-19(26)24(3)4)22-14-12-17(2)25(5)16-18-10-8-7-9-11-18;/h7-11,17H,6,12-16H2,1-5H3,(H2,21,22,23);1H. The van der Waals surface area contributed by atoms with Gasteiger partial charge in [-0.05, 0) is 32.4 Å². The minimum Gasteiger partial charge on any atom is -0.356 e. The Bertz CT molecular complexity index is 551. The first-order valence-corrected chi connectivity index (χ1v) is 9.40. The molecule has 1 rings (SSSR count). The van der Waals surface area contributed by atoms with E-state index in [1.54, 1.807) is 19.0 Å². The van der Waals surface area contributed by atoms with Gasteiger partial charge < -0.3 is 15.5 Å². The van der Waals surface area contributed by atoms with Crippen LogP contribution in [-0.2, 0) is 11.3 Å². The van der Waals surface area contributed by atoms with Crippen LogP contribution in [0, 0.1) is 0 Å². The highest BCUT2D eigenvalue weighted by Crippen LogP contribution is 2.07. The third-order valence-electron chi connectivity index (χ3n) is 4.30. The lowest BCUT2D eigenvalue weighted by atomic mass is 10.1. The second kappa shape index (κ2) is 14.7. The quantitative estimate of drug-likeness (QED) is 0.302. The number of likely N-dealkylation sites (N-methyl/N-ethyl adjacent to an activating group) is 1. The molecule has 0 radical (unpaired) electrons. The Hall–Kier alpha value is -1.35. The van der Waals surface area contributed by atoms with Gasteiger partial charge in [0.05, 0.1) is 0 Å². The number of aliphatic imine (C=N–C) groups is 1. The Morgan fingerprint density at radius 1 is 1.11 bits per heavy atom. The lowest BCUT2D eigenvalue weighted by molar-refractivity contribution is -0.127. The number of benzene rings is 1. The second-order valence-corrected chi connectivity index (χ2v) is 6.84. The minimum absolute atomic E-state index is 0. The van der Waals surface area contributed by atoms with Crippen molar-refractivity contribution in [2.24, 2.45) is 4.99 Å². The molecule has 0 fully saturated rings. The third kappa shape index (κ3) is 11.2. The maximum absolute atomic E-state index is 11.7. The number of carbonyl (C=O) groups is 1. The highest BCUT2D eigenvalue weighted by Gasteiger charge is 2.10. The van der Waals surface area contributed by atoms with Crippen LogP contribution in [0.15, 0.2) is 35.3 Å². The van der Waals surface area contributed by atoms with E-state index in [1.165, 1.54) is 5.56 Å². The fraction of sp³-hybridized carbons (Fsp3) is 0.600. The Morgan fingerprint density at radius 3 is 2.33 bits per heavy atom. The first-order chi connectivity index (χ1) is 12.4. The van der Waals surface area contributed by atoms with Crippen LogP contribution < -0.4 is 10.6 Å². The molecule has 1 aromatic carbocycles. The summed E-state index contributed by atoms with van der Waals surface area (Å²) in [6.07, 6.45) is 2.01. The van der Waals surface area contributed by atoms with Crippen LogP contribution in [-0.4, -0.2) is 68.5 Å². The summed E-state index contributed by atoms with van der Waals surface area (Å²) < 4.78 is 0. The molecule has 2 N–H and O–H groups in total.